The van der Waals surface area contributed by atoms with E-state index in [1.807, 2.05) is 48.7 Å². The van der Waals surface area contributed by atoms with Gasteiger partial charge in [0.1, 0.15) is 0 Å². The quantitative estimate of drug-likeness (QED) is 0.868. The number of carbonyl (C=O) groups is 1. The third-order valence-corrected chi connectivity index (χ3v) is 3.40. The van der Waals surface area contributed by atoms with Crippen LogP contribution in [0.2, 0.25) is 0 Å². The van der Waals surface area contributed by atoms with Crippen molar-refractivity contribution in [1.82, 2.24) is 5.32 Å². The molecule has 1 atom stereocenters. The van der Waals surface area contributed by atoms with Crippen LogP contribution in [-0.2, 0) is 6.42 Å². The normalized spacial score (nSPS) is 11.8. The molecule has 3 nitrogen and oxygen atoms in total. The average Bonchev–Trinajstić information content (AvgIpc) is 2.82. The van der Waals surface area contributed by atoms with E-state index in [1.54, 1.807) is 11.3 Å². The van der Waals surface area contributed by atoms with Gasteiger partial charge in [0.05, 0.1) is 0 Å². The van der Waals surface area contributed by atoms with Crippen LogP contribution in [0.15, 0.2) is 47.8 Å². The molecule has 0 aliphatic rings. The van der Waals surface area contributed by atoms with Crippen LogP contribution in [0.4, 0.5) is 10.5 Å². The Labute approximate surface area is 111 Å². The molecule has 2 N–H and O–H groups in total. The van der Waals surface area contributed by atoms with Crippen molar-refractivity contribution in [2.24, 2.45) is 0 Å². The molecule has 1 aromatic carbocycles. The van der Waals surface area contributed by atoms with Crippen LogP contribution in [-0.4, -0.2) is 12.1 Å². The molecule has 0 aliphatic heterocycles. The number of urea groups is 1. The summed E-state index contributed by atoms with van der Waals surface area (Å²) in [4.78, 5) is 13.0. The van der Waals surface area contributed by atoms with Crippen LogP contribution in [0.3, 0.4) is 0 Å². The molecule has 1 aromatic heterocycles. The minimum absolute atomic E-state index is 0.118. The van der Waals surface area contributed by atoms with Gasteiger partial charge in [-0.3, -0.25) is 0 Å². The van der Waals surface area contributed by atoms with Crippen molar-refractivity contribution < 1.29 is 4.79 Å². The van der Waals surface area contributed by atoms with Gasteiger partial charge >= 0.3 is 6.03 Å². The summed E-state index contributed by atoms with van der Waals surface area (Å²) in [7, 11) is 0. The molecular formula is C14H16N2OS. The van der Waals surface area contributed by atoms with E-state index in [4.69, 9.17) is 0 Å². The minimum atomic E-state index is -0.162. The van der Waals surface area contributed by atoms with Crippen molar-refractivity contribution in [3.8, 4) is 0 Å². The van der Waals surface area contributed by atoms with Crippen molar-refractivity contribution in [3.05, 3.63) is 52.7 Å². The van der Waals surface area contributed by atoms with Crippen molar-refractivity contribution in [3.63, 3.8) is 0 Å². The molecule has 0 spiro atoms. The lowest BCUT2D eigenvalue weighted by atomic mass is 10.2. The molecule has 2 aromatic rings. The topological polar surface area (TPSA) is 41.1 Å². The molecule has 0 unspecified atom stereocenters. The van der Waals surface area contributed by atoms with Gasteiger partial charge in [0.25, 0.3) is 0 Å². The predicted octanol–water partition coefficient (Wildman–Crippen LogP) is 3.50. The van der Waals surface area contributed by atoms with E-state index in [-0.39, 0.29) is 12.1 Å². The summed E-state index contributed by atoms with van der Waals surface area (Å²) in [6, 6.07) is 13.5. The van der Waals surface area contributed by atoms with Gasteiger partial charge in [-0.2, -0.15) is 0 Å². The largest absolute Gasteiger partial charge is 0.335 e. The van der Waals surface area contributed by atoms with Crippen LogP contribution in [0.5, 0.6) is 0 Å². The van der Waals surface area contributed by atoms with Gasteiger partial charge in [-0.1, -0.05) is 24.3 Å². The second-order valence-electron chi connectivity index (χ2n) is 4.15. The summed E-state index contributed by atoms with van der Waals surface area (Å²) in [5, 5.41) is 7.78. The first kappa shape index (κ1) is 12.6. The smallest absolute Gasteiger partial charge is 0.319 e. The molecule has 4 heteroatoms. The summed E-state index contributed by atoms with van der Waals surface area (Å²) in [5.74, 6) is 0. The third kappa shape index (κ3) is 3.89. The number of rotatable bonds is 4. The first-order chi connectivity index (χ1) is 8.74. The molecule has 0 saturated carbocycles. The lowest BCUT2D eigenvalue weighted by Crippen LogP contribution is -2.37. The third-order valence-electron chi connectivity index (χ3n) is 2.50. The van der Waals surface area contributed by atoms with E-state index in [0.717, 1.165) is 12.1 Å². The summed E-state index contributed by atoms with van der Waals surface area (Å²) >= 11 is 1.71. The number of nitrogens with one attached hydrogen (secondary N) is 2. The molecule has 2 amide bonds. The molecule has 0 saturated heterocycles. The maximum atomic E-state index is 11.7. The van der Waals surface area contributed by atoms with Gasteiger partial charge in [-0.25, -0.2) is 4.79 Å². The van der Waals surface area contributed by atoms with Crippen LogP contribution in [0, 0.1) is 0 Å². The van der Waals surface area contributed by atoms with Gasteiger partial charge < -0.3 is 10.6 Å². The fourth-order valence-corrected chi connectivity index (χ4v) is 2.53. The maximum Gasteiger partial charge on any atom is 0.319 e. The second-order valence-corrected chi connectivity index (χ2v) is 5.18. The number of amides is 2. The molecule has 0 radical (unpaired) electrons. The van der Waals surface area contributed by atoms with Crippen molar-refractivity contribution in [2.75, 3.05) is 5.32 Å². The highest BCUT2D eigenvalue weighted by atomic mass is 32.1. The van der Waals surface area contributed by atoms with Crippen LogP contribution >= 0.6 is 11.3 Å². The minimum Gasteiger partial charge on any atom is -0.335 e. The Hall–Kier alpha value is -1.81. The second kappa shape index (κ2) is 6.21. The Morgan fingerprint density at radius 1 is 1.22 bits per heavy atom. The Morgan fingerprint density at radius 2 is 2.00 bits per heavy atom. The number of para-hydroxylation sites is 1. The fraction of sp³-hybridized carbons (Fsp3) is 0.214. The molecule has 0 fully saturated rings. The SMILES string of the molecule is C[C@@H](Cc1cccs1)NC(=O)Nc1ccccc1. The highest BCUT2D eigenvalue weighted by Gasteiger charge is 2.08. The van der Waals surface area contributed by atoms with Gasteiger partial charge in [0.2, 0.25) is 0 Å². The number of hydrogen-bond acceptors (Lipinski definition) is 2. The Morgan fingerprint density at radius 3 is 2.67 bits per heavy atom. The molecule has 0 bridgehead atoms. The molecular weight excluding hydrogens is 244 g/mol. The fourth-order valence-electron chi connectivity index (χ4n) is 1.69. The van der Waals surface area contributed by atoms with Crippen molar-refractivity contribution in [1.29, 1.82) is 0 Å². The number of thiophene rings is 1. The van der Waals surface area contributed by atoms with Crippen LogP contribution < -0.4 is 10.6 Å². The molecule has 1 heterocycles. The lowest BCUT2D eigenvalue weighted by Gasteiger charge is -2.13. The first-order valence-electron chi connectivity index (χ1n) is 5.89. The van der Waals surface area contributed by atoms with E-state index < -0.39 is 0 Å². The summed E-state index contributed by atoms with van der Waals surface area (Å²) in [6.07, 6.45) is 0.861. The van der Waals surface area contributed by atoms with Gasteiger partial charge in [0.15, 0.2) is 0 Å². The molecule has 0 aliphatic carbocycles. The molecule has 18 heavy (non-hydrogen) atoms. The van der Waals surface area contributed by atoms with Gasteiger partial charge in [-0.05, 0) is 30.5 Å². The van der Waals surface area contributed by atoms with E-state index in [9.17, 15) is 4.79 Å². The van der Waals surface area contributed by atoms with Crippen LogP contribution in [0.1, 0.15) is 11.8 Å². The Bertz CT molecular complexity index is 482. The van der Waals surface area contributed by atoms with Crippen LogP contribution in [0.25, 0.3) is 0 Å². The zero-order chi connectivity index (χ0) is 12.8. The monoisotopic (exact) mass is 260 g/mol. The number of carbonyl (C=O) groups excluding carboxylic acids is 1. The highest BCUT2D eigenvalue weighted by Crippen LogP contribution is 2.11. The van der Waals surface area contributed by atoms with E-state index in [2.05, 4.69) is 16.7 Å². The first-order valence-corrected chi connectivity index (χ1v) is 6.77. The standard InChI is InChI=1S/C14H16N2OS/c1-11(10-13-8-5-9-18-13)15-14(17)16-12-6-3-2-4-7-12/h2-9,11H,10H2,1H3,(H2,15,16,17)/t11-/m0/s1. The highest BCUT2D eigenvalue weighted by molar-refractivity contribution is 7.09. The zero-order valence-corrected chi connectivity index (χ0v) is 11.0. The molecule has 2 rings (SSSR count). The van der Waals surface area contributed by atoms with Crippen molar-refractivity contribution >= 4 is 23.1 Å². The van der Waals surface area contributed by atoms with Gasteiger partial charge in [-0.15, -0.1) is 11.3 Å². The number of hydrogen-bond donors (Lipinski definition) is 2. The average molecular weight is 260 g/mol. The zero-order valence-electron chi connectivity index (χ0n) is 10.2. The lowest BCUT2D eigenvalue weighted by molar-refractivity contribution is 0.249. The summed E-state index contributed by atoms with van der Waals surface area (Å²) in [6.45, 7) is 2.00. The predicted molar refractivity (Wildman–Crippen MR) is 76.1 cm³/mol. The van der Waals surface area contributed by atoms with E-state index in [1.165, 1.54) is 4.88 Å². The molecule has 94 valence electrons. The van der Waals surface area contributed by atoms with Gasteiger partial charge in [0, 0.05) is 23.0 Å². The summed E-state index contributed by atoms with van der Waals surface area (Å²) < 4.78 is 0. The summed E-state index contributed by atoms with van der Waals surface area (Å²) in [5.41, 5.74) is 0.804. The van der Waals surface area contributed by atoms with E-state index in [0.29, 0.717) is 0 Å². The number of anilines is 1. The Balaban J connectivity index is 1.80. The Kier molecular flexibility index (Phi) is 4.36. The van der Waals surface area contributed by atoms with Crippen molar-refractivity contribution in [2.45, 2.75) is 19.4 Å². The van der Waals surface area contributed by atoms with E-state index >= 15 is 0 Å². The number of benzene rings is 1. The maximum absolute atomic E-state index is 11.7.